The molecule has 0 aliphatic rings. The van der Waals surface area contributed by atoms with Gasteiger partial charge in [-0.25, -0.2) is 9.78 Å². The fraction of sp³-hybridized carbons (Fsp3) is 0.286. The second-order valence-corrected chi connectivity index (χ2v) is 4.32. The number of nitrogen functional groups attached to an aromatic ring is 1. The van der Waals surface area contributed by atoms with E-state index in [1.807, 2.05) is 6.07 Å². The second-order valence-electron chi connectivity index (χ2n) is 4.32. The van der Waals surface area contributed by atoms with Gasteiger partial charge < -0.3 is 20.3 Å². The maximum atomic E-state index is 11.8. The molecule has 1 atom stereocenters. The van der Waals surface area contributed by atoms with Gasteiger partial charge in [-0.2, -0.15) is 0 Å². The number of nitrogens with two attached hydrogens (primary N) is 1. The molecule has 0 spiro atoms. The van der Waals surface area contributed by atoms with E-state index in [-0.39, 0.29) is 19.9 Å². The minimum Gasteiger partial charge on any atom is -0.459 e. The fourth-order valence-electron chi connectivity index (χ4n) is 1.62. The van der Waals surface area contributed by atoms with E-state index in [1.165, 1.54) is 0 Å². The van der Waals surface area contributed by atoms with E-state index in [1.54, 1.807) is 41.2 Å². The van der Waals surface area contributed by atoms with Gasteiger partial charge >= 0.3 is 5.97 Å². The van der Waals surface area contributed by atoms with Gasteiger partial charge in [0.25, 0.3) is 0 Å². The smallest absolute Gasteiger partial charge is 0.338 e. The summed E-state index contributed by atoms with van der Waals surface area (Å²) in [7, 11) is 0. The van der Waals surface area contributed by atoms with Crippen LogP contribution in [0.1, 0.15) is 10.4 Å². The van der Waals surface area contributed by atoms with Crippen molar-refractivity contribution in [2.75, 3.05) is 18.9 Å². The molecule has 7 heteroatoms. The van der Waals surface area contributed by atoms with Crippen LogP contribution < -0.4 is 5.73 Å². The maximum Gasteiger partial charge on any atom is 0.338 e. The number of benzene rings is 1. The summed E-state index contributed by atoms with van der Waals surface area (Å²) >= 11 is 0. The zero-order valence-corrected chi connectivity index (χ0v) is 11.4. The van der Waals surface area contributed by atoms with Crippen molar-refractivity contribution in [1.29, 1.82) is 0 Å². The summed E-state index contributed by atoms with van der Waals surface area (Å²) in [6, 6.07) is 8.62. The van der Waals surface area contributed by atoms with E-state index >= 15 is 0 Å². The molecule has 21 heavy (non-hydrogen) atoms. The maximum absolute atomic E-state index is 11.8. The Morgan fingerprint density at radius 3 is 2.76 bits per heavy atom. The minimum absolute atomic E-state index is 0.0428. The highest BCUT2D eigenvalue weighted by Crippen LogP contribution is 2.05. The molecule has 0 amide bonds. The number of carbonyl (C=O) groups excluding carboxylic acids is 1. The van der Waals surface area contributed by atoms with Crippen molar-refractivity contribution in [2.45, 2.75) is 12.8 Å². The van der Waals surface area contributed by atoms with Crippen molar-refractivity contribution < 1.29 is 19.4 Å². The Morgan fingerprint density at radius 2 is 2.14 bits per heavy atom. The minimum atomic E-state index is -0.625. The van der Waals surface area contributed by atoms with Crippen LogP contribution in [0.4, 0.5) is 5.95 Å². The second kappa shape index (κ2) is 7.41. The molecule has 0 bridgehead atoms. The molecule has 2 rings (SSSR count). The van der Waals surface area contributed by atoms with Gasteiger partial charge in [-0.3, -0.25) is 4.57 Å². The van der Waals surface area contributed by atoms with Crippen LogP contribution >= 0.6 is 0 Å². The van der Waals surface area contributed by atoms with Gasteiger partial charge in [0.2, 0.25) is 5.95 Å². The molecule has 0 saturated carbocycles. The lowest BCUT2D eigenvalue weighted by Crippen LogP contribution is -2.27. The summed E-state index contributed by atoms with van der Waals surface area (Å²) in [5.74, 6) is -0.146. The van der Waals surface area contributed by atoms with E-state index in [0.29, 0.717) is 11.5 Å². The number of aliphatic hydroxyl groups is 1. The van der Waals surface area contributed by atoms with E-state index in [0.717, 1.165) is 0 Å². The highest BCUT2D eigenvalue weighted by Gasteiger charge is 2.13. The number of aromatic nitrogens is 2. The van der Waals surface area contributed by atoms with Crippen LogP contribution in [0.2, 0.25) is 0 Å². The molecule has 2 aromatic rings. The van der Waals surface area contributed by atoms with Crippen LogP contribution in [0.3, 0.4) is 0 Å². The van der Waals surface area contributed by atoms with Gasteiger partial charge in [0.15, 0.2) is 0 Å². The summed E-state index contributed by atoms with van der Waals surface area (Å²) in [6.45, 7) is -0.185. The first-order chi connectivity index (χ1) is 10.2. The number of nitrogens with zero attached hydrogens (tertiary/aromatic N) is 2. The first kappa shape index (κ1) is 15.0. The van der Waals surface area contributed by atoms with Gasteiger partial charge in [-0.05, 0) is 12.1 Å². The van der Waals surface area contributed by atoms with Gasteiger partial charge in [0, 0.05) is 12.4 Å². The van der Waals surface area contributed by atoms with Gasteiger partial charge in [-0.15, -0.1) is 0 Å². The molecular weight excluding hydrogens is 274 g/mol. The van der Waals surface area contributed by atoms with Crippen LogP contribution in [0.5, 0.6) is 0 Å². The third kappa shape index (κ3) is 4.30. The number of ether oxygens (including phenoxy) is 2. The molecular formula is C14H17N3O4. The molecule has 0 saturated heterocycles. The lowest BCUT2D eigenvalue weighted by molar-refractivity contribution is -0.0562. The molecule has 112 valence electrons. The summed E-state index contributed by atoms with van der Waals surface area (Å²) in [4.78, 5) is 15.6. The SMILES string of the molecule is Nc1nccn1COC(CO)COC(=O)c1ccccc1. The summed E-state index contributed by atoms with van der Waals surface area (Å²) in [6.07, 6.45) is 2.57. The number of esters is 1. The van der Waals surface area contributed by atoms with Crippen LogP contribution in [-0.4, -0.2) is 39.9 Å². The van der Waals surface area contributed by atoms with E-state index < -0.39 is 12.1 Å². The van der Waals surface area contributed by atoms with E-state index in [9.17, 15) is 9.90 Å². The van der Waals surface area contributed by atoms with Crippen LogP contribution in [-0.2, 0) is 16.2 Å². The predicted octanol–water partition coefficient (Wildman–Crippen LogP) is 0.657. The highest BCUT2D eigenvalue weighted by atomic mass is 16.6. The average molecular weight is 291 g/mol. The van der Waals surface area contributed by atoms with Crippen LogP contribution in [0.15, 0.2) is 42.7 Å². The predicted molar refractivity (Wildman–Crippen MR) is 75.3 cm³/mol. The number of hydrogen-bond donors (Lipinski definition) is 2. The molecule has 3 N–H and O–H groups in total. The summed E-state index contributed by atoms with van der Waals surface area (Å²) < 4.78 is 12.1. The molecule has 0 fully saturated rings. The number of imidazole rings is 1. The number of hydrogen-bond acceptors (Lipinski definition) is 6. The number of rotatable bonds is 7. The Bertz CT molecular complexity index is 571. The zero-order chi connectivity index (χ0) is 15.1. The monoisotopic (exact) mass is 291 g/mol. The Balaban J connectivity index is 1.80. The quantitative estimate of drug-likeness (QED) is 0.727. The molecule has 1 aromatic heterocycles. The molecule has 0 aliphatic carbocycles. The zero-order valence-electron chi connectivity index (χ0n) is 11.4. The Kier molecular flexibility index (Phi) is 5.30. The first-order valence-corrected chi connectivity index (χ1v) is 6.42. The third-order valence-corrected chi connectivity index (χ3v) is 2.81. The first-order valence-electron chi connectivity index (χ1n) is 6.42. The number of aliphatic hydroxyl groups excluding tert-OH is 1. The van der Waals surface area contributed by atoms with Crippen molar-refractivity contribution in [3.8, 4) is 0 Å². The largest absolute Gasteiger partial charge is 0.459 e. The van der Waals surface area contributed by atoms with Gasteiger partial charge in [0.05, 0.1) is 12.2 Å². The van der Waals surface area contributed by atoms with Crippen molar-refractivity contribution in [3.05, 3.63) is 48.3 Å². The Hall–Kier alpha value is -2.38. The Labute approximate surface area is 121 Å². The number of carbonyl (C=O) groups is 1. The molecule has 1 aromatic carbocycles. The number of anilines is 1. The van der Waals surface area contributed by atoms with Crippen LogP contribution in [0.25, 0.3) is 0 Å². The van der Waals surface area contributed by atoms with Crippen molar-refractivity contribution in [2.24, 2.45) is 0 Å². The molecule has 1 heterocycles. The van der Waals surface area contributed by atoms with Gasteiger partial charge in [0.1, 0.15) is 19.4 Å². The molecule has 7 nitrogen and oxygen atoms in total. The summed E-state index contributed by atoms with van der Waals surface area (Å²) in [5.41, 5.74) is 6.04. The summed E-state index contributed by atoms with van der Waals surface area (Å²) in [5, 5.41) is 9.23. The van der Waals surface area contributed by atoms with Crippen LogP contribution in [0, 0.1) is 0 Å². The Morgan fingerprint density at radius 1 is 1.38 bits per heavy atom. The van der Waals surface area contributed by atoms with Crippen molar-refractivity contribution >= 4 is 11.9 Å². The van der Waals surface area contributed by atoms with Gasteiger partial charge in [-0.1, -0.05) is 18.2 Å². The lowest BCUT2D eigenvalue weighted by Gasteiger charge is -2.16. The molecule has 0 aliphatic heterocycles. The van der Waals surface area contributed by atoms with Crippen molar-refractivity contribution in [3.63, 3.8) is 0 Å². The third-order valence-electron chi connectivity index (χ3n) is 2.81. The normalized spacial score (nSPS) is 12.0. The van der Waals surface area contributed by atoms with E-state index in [4.69, 9.17) is 15.2 Å². The standard InChI is InChI=1S/C14H17N3O4/c15-14-16-6-7-17(14)10-21-12(8-18)9-20-13(19)11-4-2-1-3-5-11/h1-7,12,18H,8-10H2,(H2,15,16). The lowest BCUT2D eigenvalue weighted by atomic mass is 10.2. The average Bonchev–Trinajstić information content (AvgIpc) is 2.93. The molecule has 0 radical (unpaired) electrons. The van der Waals surface area contributed by atoms with Crippen molar-refractivity contribution in [1.82, 2.24) is 9.55 Å². The highest BCUT2D eigenvalue weighted by molar-refractivity contribution is 5.89. The fourth-order valence-corrected chi connectivity index (χ4v) is 1.62. The molecule has 1 unspecified atom stereocenters. The van der Waals surface area contributed by atoms with E-state index in [2.05, 4.69) is 4.98 Å². The topological polar surface area (TPSA) is 99.6 Å².